The third kappa shape index (κ3) is 6.18. The molecule has 1 fully saturated rings. The summed E-state index contributed by atoms with van der Waals surface area (Å²) in [6, 6.07) is 26.4. The standard InChI is InChI=1S/C37H41N5O2/c1-24-13-15-25(16-14-24)35(43)21-30(31-23-42(4)33-12-8-6-9-28(31)33)37(44)39-27-19-17-26(18-20-27)38-36-22-34(41(2)3)29-10-5-7-11-32(29)40-36/h5-16,22-23,26-27,30H,17-21H2,1-4H3,(H,38,40)(H,39,44). The molecule has 226 valence electrons. The molecule has 0 bridgehead atoms. The van der Waals surface area contributed by atoms with Gasteiger partial charge in [0.1, 0.15) is 5.82 Å². The lowest BCUT2D eigenvalue weighted by molar-refractivity contribution is -0.123. The van der Waals surface area contributed by atoms with E-state index in [-0.39, 0.29) is 30.2 Å². The van der Waals surface area contributed by atoms with Crippen LogP contribution in [0.1, 0.15) is 59.5 Å². The Bertz CT molecular complexity index is 1800. The minimum absolute atomic E-state index is 0.0222. The Hall–Kier alpha value is -4.65. The maximum Gasteiger partial charge on any atom is 0.228 e. The van der Waals surface area contributed by atoms with Crippen LogP contribution >= 0.6 is 0 Å². The average Bonchev–Trinajstić information content (AvgIpc) is 3.36. The van der Waals surface area contributed by atoms with E-state index >= 15 is 0 Å². The number of nitrogens with one attached hydrogen (secondary N) is 2. The van der Waals surface area contributed by atoms with Crippen molar-refractivity contribution < 1.29 is 9.59 Å². The molecule has 6 rings (SSSR count). The third-order valence-corrected chi connectivity index (χ3v) is 8.98. The number of anilines is 2. The lowest BCUT2D eigenvalue weighted by atomic mass is 9.88. The van der Waals surface area contributed by atoms with Gasteiger partial charge in [-0.2, -0.15) is 0 Å². The number of para-hydroxylation sites is 2. The van der Waals surface area contributed by atoms with Gasteiger partial charge in [-0.15, -0.1) is 0 Å². The molecule has 44 heavy (non-hydrogen) atoms. The molecule has 1 aliphatic rings. The first-order valence-corrected chi connectivity index (χ1v) is 15.5. The van der Waals surface area contributed by atoms with Gasteiger partial charge in [-0.25, -0.2) is 4.98 Å². The first kappa shape index (κ1) is 29.4. The second-order valence-corrected chi connectivity index (χ2v) is 12.4. The molecule has 0 spiro atoms. The number of hydrogen-bond acceptors (Lipinski definition) is 5. The van der Waals surface area contributed by atoms with Crippen molar-refractivity contribution in [1.29, 1.82) is 0 Å². The summed E-state index contributed by atoms with van der Waals surface area (Å²) in [5, 5.41) is 9.15. The molecule has 5 aromatic rings. The molecule has 0 aliphatic heterocycles. The quantitative estimate of drug-likeness (QED) is 0.182. The monoisotopic (exact) mass is 587 g/mol. The summed E-state index contributed by atoms with van der Waals surface area (Å²) in [6.45, 7) is 2.00. The van der Waals surface area contributed by atoms with E-state index < -0.39 is 5.92 Å². The maximum atomic E-state index is 14.0. The van der Waals surface area contributed by atoms with Crippen molar-refractivity contribution in [3.05, 3.63) is 102 Å². The largest absolute Gasteiger partial charge is 0.377 e. The zero-order valence-electron chi connectivity index (χ0n) is 26.0. The summed E-state index contributed by atoms with van der Waals surface area (Å²) in [7, 11) is 6.10. The Labute approximate surface area is 259 Å². The molecule has 1 amide bonds. The van der Waals surface area contributed by atoms with Crippen molar-refractivity contribution in [2.45, 2.75) is 57.0 Å². The molecule has 7 nitrogen and oxygen atoms in total. The molecule has 2 heterocycles. The lowest BCUT2D eigenvalue weighted by Gasteiger charge is -2.31. The highest BCUT2D eigenvalue weighted by Gasteiger charge is 2.30. The number of pyridine rings is 1. The highest BCUT2D eigenvalue weighted by Crippen LogP contribution is 2.33. The van der Waals surface area contributed by atoms with Gasteiger partial charge in [-0.3, -0.25) is 9.59 Å². The van der Waals surface area contributed by atoms with Crippen LogP contribution in [0.2, 0.25) is 0 Å². The van der Waals surface area contributed by atoms with E-state index in [1.807, 2.05) is 79.3 Å². The maximum absolute atomic E-state index is 14.0. The summed E-state index contributed by atoms with van der Waals surface area (Å²) in [5.74, 6) is 0.207. The summed E-state index contributed by atoms with van der Waals surface area (Å²) in [5.41, 5.74) is 5.80. The van der Waals surface area contributed by atoms with Gasteiger partial charge in [0.25, 0.3) is 0 Å². The number of carbonyl (C=O) groups is 2. The van der Waals surface area contributed by atoms with Crippen molar-refractivity contribution >= 4 is 45.0 Å². The number of ketones is 1. The van der Waals surface area contributed by atoms with E-state index in [4.69, 9.17) is 4.98 Å². The minimum Gasteiger partial charge on any atom is -0.377 e. The fourth-order valence-corrected chi connectivity index (χ4v) is 6.53. The van der Waals surface area contributed by atoms with E-state index in [1.165, 1.54) is 0 Å². The van der Waals surface area contributed by atoms with Crippen LogP contribution in [-0.2, 0) is 11.8 Å². The third-order valence-electron chi connectivity index (χ3n) is 8.98. The van der Waals surface area contributed by atoms with Gasteiger partial charge in [0.05, 0.1) is 11.4 Å². The number of hydrogen-bond donors (Lipinski definition) is 2. The second kappa shape index (κ2) is 12.5. The normalized spacial score (nSPS) is 17.4. The second-order valence-electron chi connectivity index (χ2n) is 12.4. The van der Waals surface area contributed by atoms with Crippen LogP contribution in [0.5, 0.6) is 0 Å². The Morgan fingerprint density at radius 3 is 2.30 bits per heavy atom. The van der Waals surface area contributed by atoms with E-state index in [1.54, 1.807) is 0 Å². The molecule has 1 aliphatic carbocycles. The van der Waals surface area contributed by atoms with Gasteiger partial charge >= 0.3 is 0 Å². The van der Waals surface area contributed by atoms with Gasteiger partial charge in [0.15, 0.2) is 5.78 Å². The summed E-state index contributed by atoms with van der Waals surface area (Å²) >= 11 is 0. The van der Waals surface area contributed by atoms with Crippen molar-refractivity contribution in [2.75, 3.05) is 24.3 Å². The van der Waals surface area contributed by atoms with Crippen molar-refractivity contribution in [3.63, 3.8) is 0 Å². The zero-order valence-corrected chi connectivity index (χ0v) is 26.0. The Kier molecular flexibility index (Phi) is 8.38. The number of aromatic nitrogens is 2. The fourth-order valence-electron chi connectivity index (χ4n) is 6.53. The zero-order chi connectivity index (χ0) is 30.8. The number of carbonyl (C=O) groups excluding carboxylic acids is 2. The summed E-state index contributed by atoms with van der Waals surface area (Å²) in [6.07, 6.45) is 5.73. The number of nitrogens with zero attached hydrogens (tertiary/aromatic N) is 3. The first-order chi connectivity index (χ1) is 21.3. The number of fused-ring (bicyclic) bond motifs is 2. The van der Waals surface area contributed by atoms with Gasteiger partial charge in [-0.1, -0.05) is 66.2 Å². The van der Waals surface area contributed by atoms with Crippen molar-refractivity contribution in [2.24, 2.45) is 7.05 Å². The van der Waals surface area contributed by atoms with E-state index in [9.17, 15) is 9.59 Å². The molecule has 0 saturated heterocycles. The predicted octanol–water partition coefficient (Wildman–Crippen LogP) is 7.00. The van der Waals surface area contributed by atoms with Crippen LogP contribution in [0.4, 0.5) is 11.5 Å². The number of rotatable bonds is 9. The van der Waals surface area contributed by atoms with Gasteiger partial charge < -0.3 is 20.1 Å². The summed E-state index contributed by atoms with van der Waals surface area (Å²) < 4.78 is 2.04. The van der Waals surface area contributed by atoms with Crippen LogP contribution in [0.15, 0.2) is 85.1 Å². The van der Waals surface area contributed by atoms with Crippen molar-refractivity contribution in [1.82, 2.24) is 14.9 Å². The van der Waals surface area contributed by atoms with Crippen LogP contribution in [0.25, 0.3) is 21.8 Å². The number of Topliss-reactive ketones (excluding diaryl/α,β-unsaturated/α-hetero) is 1. The molecule has 2 N–H and O–H groups in total. The van der Waals surface area contributed by atoms with Gasteiger partial charge in [-0.05, 0) is 50.3 Å². The van der Waals surface area contributed by atoms with Crippen LogP contribution in [0, 0.1) is 6.92 Å². The molecule has 1 saturated carbocycles. The topological polar surface area (TPSA) is 79.3 Å². The fraction of sp³-hybridized carbons (Fsp3) is 0.324. The molecule has 0 radical (unpaired) electrons. The Balaban J connectivity index is 1.16. The molecule has 2 aromatic heterocycles. The average molecular weight is 588 g/mol. The SMILES string of the molecule is Cc1ccc(C(=O)CC(C(=O)NC2CCC(Nc3cc(N(C)C)c4ccccc4n3)CC2)c2cn(C)c3ccccc23)cc1. The minimum atomic E-state index is -0.572. The molecule has 3 aromatic carbocycles. The van der Waals surface area contributed by atoms with E-state index in [0.717, 1.165) is 70.1 Å². The lowest BCUT2D eigenvalue weighted by Crippen LogP contribution is -2.42. The number of aryl methyl sites for hydroxylation is 2. The van der Waals surface area contributed by atoms with E-state index in [0.29, 0.717) is 5.56 Å². The van der Waals surface area contributed by atoms with Gasteiger partial charge in [0.2, 0.25) is 5.91 Å². The molecular formula is C37H41N5O2. The van der Waals surface area contributed by atoms with Gasteiger partial charge in [0, 0.05) is 79.5 Å². The molecule has 7 heteroatoms. The number of benzene rings is 3. The summed E-state index contributed by atoms with van der Waals surface area (Å²) in [4.78, 5) is 34.4. The smallest absolute Gasteiger partial charge is 0.228 e. The predicted molar refractivity (Wildman–Crippen MR) is 180 cm³/mol. The Morgan fingerprint density at radius 2 is 1.57 bits per heavy atom. The highest BCUT2D eigenvalue weighted by atomic mass is 16.2. The van der Waals surface area contributed by atoms with Crippen LogP contribution in [-0.4, -0.2) is 47.4 Å². The molecule has 1 unspecified atom stereocenters. The highest BCUT2D eigenvalue weighted by molar-refractivity contribution is 6.02. The van der Waals surface area contributed by atoms with Crippen LogP contribution in [0.3, 0.4) is 0 Å². The van der Waals surface area contributed by atoms with E-state index in [2.05, 4.69) is 53.9 Å². The molecule has 1 atom stereocenters. The molecular weight excluding hydrogens is 546 g/mol. The van der Waals surface area contributed by atoms with Crippen molar-refractivity contribution in [3.8, 4) is 0 Å². The number of amides is 1. The first-order valence-electron chi connectivity index (χ1n) is 15.5. The van der Waals surface area contributed by atoms with Crippen LogP contribution < -0.4 is 15.5 Å². The Morgan fingerprint density at radius 1 is 0.909 bits per heavy atom.